The van der Waals surface area contributed by atoms with Gasteiger partial charge in [-0.3, -0.25) is 4.72 Å². The second-order valence-electron chi connectivity index (χ2n) is 8.51. The van der Waals surface area contributed by atoms with Crippen LogP contribution >= 0.6 is 0 Å². The number of nitrogens with one attached hydrogen (secondary N) is 1. The van der Waals surface area contributed by atoms with Crippen LogP contribution in [0.4, 0.5) is 18.9 Å². The van der Waals surface area contributed by atoms with Gasteiger partial charge in [-0.25, -0.2) is 13.2 Å². The van der Waals surface area contributed by atoms with E-state index in [1.54, 1.807) is 30.3 Å². The van der Waals surface area contributed by atoms with Crippen LogP contribution in [0.2, 0.25) is 0 Å². The van der Waals surface area contributed by atoms with Crippen molar-refractivity contribution in [3.05, 3.63) is 105 Å². The van der Waals surface area contributed by atoms with Crippen LogP contribution in [0, 0.1) is 0 Å². The van der Waals surface area contributed by atoms with Crippen LogP contribution in [0.1, 0.15) is 42.0 Å². The fraction of sp³-hybridized carbons (Fsp3) is 0.192. The second kappa shape index (κ2) is 9.22. The van der Waals surface area contributed by atoms with Crippen molar-refractivity contribution in [3.63, 3.8) is 0 Å². The number of benzene rings is 3. The number of halogens is 3. The Kier molecular flexibility index (Phi) is 6.46. The van der Waals surface area contributed by atoms with Crippen LogP contribution < -0.4 is 10.3 Å². The summed E-state index contributed by atoms with van der Waals surface area (Å²) < 4.78 is 73.1. The molecule has 0 saturated heterocycles. The molecular formula is C26H22F3NO4S. The molecule has 182 valence electrons. The highest BCUT2D eigenvalue weighted by Crippen LogP contribution is 2.34. The average molecular weight is 502 g/mol. The lowest BCUT2D eigenvalue weighted by Crippen LogP contribution is -2.13. The molecule has 4 aromatic rings. The first-order valence-corrected chi connectivity index (χ1v) is 12.3. The molecule has 5 nitrogen and oxygen atoms in total. The maximum Gasteiger partial charge on any atom is 0.417 e. The number of rotatable bonds is 6. The van der Waals surface area contributed by atoms with Gasteiger partial charge in [0, 0.05) is 17.1 Å². The van der Waals surface area contributed by atoms with Crippen molar-refractivity contribution in [1.29, 1.82) is 0 Å². The summed E-state index contributed by atoms with van der Waals surface area (Å²) in [5, 5.41) is -0.207. The zero-order valence-corrected chi connectivity index (χ0v) is 19.7. The molecule has 0 aliphatic carbocycles. The van der Waals surface area contributed by atoms with Gasteiger partial charge < -0.3 is 4.42 Å². The Morgan fingerprint density at radius 2 is 1.51 bits per heavy atom. The predicted molar refractivity (Wildman–Crippen MR) is 128 cm³/mol. The van der Waals surface area contributed by atoms with Crippen molar-refractivity contribution in [2.45, 2.75) is 37.3 Å². The molecule has 9 heteroatoms. The summed E-state index contributed by atoms with van der Waals surface area (Å²) in [6, 6.07) is 17.9. The summed E-state index contributed by atoms with van der Waals surface area (Å²) in [4.78, 5) is 11.5. The van der Waals surface area contributed by atoms with Gasteiger partial charge in [0.15, 0.2) is 0 Å². The highest BCUT2D eigenvalue weighted by atomic mass is 32.2. The highest BCUT2D eigenvalue weighted by Gasteiger charge is 2.33. The first-order chi connectivity index (χ1) is 16.4. The smallest absolute Gasteiger partial charge is 0.417 e. The van der Waals surface area contributed by atoms with Crippen LogP contribution in [0.25, 0.3) is 11.0 Å². The molecule has 1 N–H and O–H groups in total. The molecule has 35 heavy (non-hydrogen) atoms. The number of hydrogen-bond acceptors (Lipinski definition) is 4. The molecule has 4 rings (SSSR count). The Labute approximate surface area is 200 Å². The molecular weight excluding hydrogens is 479 g/mol. The van der Waals surface area contributed by atoms with Gasteiger partial charge in [0.1, 0.15) is 5.58 Å². The predicted octanol–water partition coefficient (Wildman–Crippen LogP) is 6.33. The maximum atomic E-state index is 13.4. The van der Waals surface area contributed by atoms with E-state index in [1.165, 1.54) is 24.3 Å². The van der Waals surface area contributed by atoms with Gasteiger partial charge in [0.25, 0.3) is 10.0 Å². The molecule has 0 unspecified atom stereocenters. The van der Waals surface area contributed by atoms with E-state index in [9.17, 15) is 26.4 Å². The van der Waals surface area contributed by atoms with Gasteiger partial charge in [0.05, 0.1) is 10.5 Å². The van der Waals surface area contributed by atoms with Crippen LogP contribution in [0.15, 0.2) is 86.9 Å². The molecule has 0 atom stereocenters. The summed E-state index contributed by atoms with van der Waals surface area (Å²) in [5.74, 6) is 0.328. The molecule has 0 radical (unpaired) electrons. The standard InChI is InChI=1S/C26H22F3NO4S/c1-16(2)19-6-8-20(9-7-19)30-35(32,33)21-10-3-17(4-11-21)13-18-5-12-24-22(14-18)23(26(27,28)29)15-25(31)34-24/h3-12,14-16,30H,13H2,1-2H3. The average Bonchev–Trinajstić information content (AvgIpc) is 2.78. The fourth-order valence-electron chi connectivity index (χ4n) is 3.73. The van der Waals surface area contributed by atoms with E-state index in [-0.39, 0.29) is 22.3 Å². The summed E-state index contributed by atoms with van der Waals surface area (Å²) in [5.41, 5.74) is 0.518. The van der Waals surface area contributed by atoms with Crippen LogP contribution in [0.5, 0.6) is 0 Å². The van der Waals surface area contributed by atoms with Crippen molar-refractivity contribution in [1.82, 2.24) is 0 Å². The number of hydrogen-bond donors (Lipinski definition) is 1. The maximum absolute atomic E-state index is 13.4. The monoisotopic (exact) mass is 501 g/mol. The zero-order valence-electron chi connectivity index (χ0n) is 18.9. The molecule has 0 spiro atoms. The number of fused-ring (bicyclic) bond motifs is 1. The van der Waals surface area contributed by atoms with Gasteiger partial charge >= 0.3 is 11.8 Å². The Morgan fingerprint density at radius 1 is 0.886 bits per heavy atom. The summed E-state index contributed by atoms with van der Waals surface area (Å²) >= 11 is 0. The van der Waals surface area contributed by atoms with Gasteiger partial charge in [-0.15, -0.1) is 0 Å². The van der Waals surface area contributed by atoms with E-state index in [0.29, 0.717) is 28.8 Å². The fourth-order valence-corrected chi connectivity index (χ4v) is 4.79. The van der Waals surface area contributed by atoms with Crippen molar-refractivity contribution in [2.24, 2.45) is 0 Å². The number of sulfonamides is 1. The minimum Gasteiger partial charge on any atom is -0.423 e. The van der Waals surface area contributed by atoms with Crippen molar-refractivity contribution in [2.75, 3.05) is 4.72 Å². The largest absolute Gasteiger partial charge is 0.423 e. The second-order valence-corrected chi connectivity index (χ2v) is 10.2. The molecule has 0 bridgehead atoms. The Morgan fingerprint density at radius 3 is 2.11 bits per heavy atom. The van der Waals surface area contributed by atoms with Crippen LogP contribution in [-0.4, -0.2) is 8.42 Å². The molecule has 0 aliphatic heterocycles. The van der Waals surface area contributed by atoms with E-state index < -0.39 is 27.4 Å². The quantitative estimate of drug-likeness (QED) is 0.314. The number of alkyl halides is 3. The highest BCUT2D eigenvalue weighted by molar-refractivity contribution is 7.92. The molecule has 3 aromatic carbocycles. The Hall–Kier alpha value is -3.59. The van der Waals surface area contributed by atoms with Gasteiger partial charge in [-0.1, -0.05) is 44.2 Å². The van der Waals surface area contributed by atoms with Crippen molar-refractivity contribution < 1.29 is 26.0 Å². The Bertz CT molecular complexity index is 1520. The van der Waals surface area contributed by atoms with E-state index in [4.69, 9.17) is 4.42 Å². The van der Waals surface area contributed by atoms with Crippen molar-refractivity contribution in [3.8, 4) is 0 Å². The van der Waals surface area contributed by atoms with Crippen molar-refractivity contribution >= 4 is 26.7 Å². The minimum absolute atomic E-state index is 0.0637. The summed E-state index contributed by atoms with van der Waals surface area (Å²) in [6.45, 7) is 4.09. The Balaban J connectivity index is 1.55. The summed E-state index contributed by atoms with van der Waals surface area (Å²) in [6.07, 6.45) is -4.44. The van der Waals surface area contributed by atoms with Gasteiger partial charge in [-0.05, 0) is 65.4 Å². The van der Waals surface area contributed by atoms with E-state index >= 15 is 0 Å². The summed E-state index contributed by atoms with van der Waals surface area (Å²) in [7, 11) is -3.81. The normalized spacial score (nSPS) is 12.3. The third kappa shape index (κ3) is 5.57. The molecule has 0 saturated carbocycles. The molecule has 0 aliphatic rings. The lowest BCUT2D eigenvalue weighted by atomic mass is 10.0. The van der Waals surface area contributed by atoms with Gasteiger partial charge in [-0.2, -0.15) is 13.2 Å². The molecule has 0 fully saturated rings. The van der Waals surface area contributed by atoms with Crippen LogP contribution in [-0.2, 0) is 22.6 Å². The third-order valence-corrected chi connectivity index (χ3v) is 6.98. The lowest BCUT2D eigenvalue weighted by molar-refractivity contribution is -0.136. The SMILES string of the molecule is CC(C)c1ccc(NS(=O)(=O)c2ccc(Cc3ccc4oc(=O)cc(C(F)(F)F)c4c3)cc2)cc1. The van der Waals surface area contributed by atoms with Crippen LogP contribution in [0.3, 0.4) is 0 Å². The zero-order chi connectivity index (χ0) is 25.4. The van der Waals surface area contributed by atoms with Gasteiger partial charge in [0.2, 0.25) is 0 Å². The minimum atomic E-state index is -4.70. The first kappa shape index (κ1) is 24.5. The lowest BCUT2D eigenvalue weighted by Gasteiger charge is -2.11. The molecule has 0 amide bonds. The van der Waals surface area contributed by atoms with E-state index in [0.717, 1.165) is 5.56 Å². The van der Waals surface area contributed by atoms with E-state index in [1.807, 2.05) is 26.0 Å². The third-order valence-electron chi connectivity index (χ3n) is 5.58. The van der Waals surface area contributed by atoms with E-state index in [2.05, 4.69) is 4.72 Å². The topological polar surface area (TPSA) is 76.4 Å². The molecule has 1 heterocycles. The first-order valence-electron chi connectivity index (χ1n) is 10.8. The number of anilines is 1. The molecule has 1 aromatic heterocycles.